The van der Waals surface area contributed by atoms with Crippen molar-refractivity contribution in [2.75, 3.05) is 5.75 Å². The molecule has 0 aliphatic carbocycles. The molecule has 1 atom stereocenters. The number of carboxylic acid groups (broad SMARTS) is 1. The summed E-state index contributed by atoms with van der Waals surface area (Å²) in [6.07, 6.45) is 0. The summed E-state index contributed by atoms with van der Waals surface area (Å²) in [6, 6.07) is 6.27. The quantitative estimate of drug-likeness (QED) is 0.753. The molecule has 1 unspecified atom stereocenters. The zero-order valence-electron chi connectivity index (χ0n) is 11.7. The largest absolute Gasteiger partial charge is 0.481 e. The number of hydrogen-bond donors (Lipinski definition) is 2. The molecule has 112 valence electrons. The summed E-state index contributed by atoms with van der Waals surface area (Å²) < 4.78 is 26.3. The molecule has 0 heterocycles. The molecule has 0 saturated heterocycles. The van der Waals surface area contributed by atoms with Crippen molar-refractivity contribution in [3.8, 4) is 0 Å². The predicted molar refractivity (Wildman–Crippen MR) is 79.4 cm³/mol. The SMILES string of the molecule is CC(C)NS(=O)(=O)c1ccc(SCC(C)C(=O)O)cc1. The highest BCUT2D eigenvalue weighted by Crippen LogP contribution is 2.22. The molecular formula is C13H19NO4S2. The van der Waals surface area contributed by atoms with E-state index < -0.39 is 21.9 Å². The molecule has 0 fully saturated rings. The third-order valence-corrected chi connectivity index (χ3v) is 5.39. The van der Waals surface area contributed by atoms with E-state index in [1.807, 2.05) is 0 Å². The van der Waals surface area contributed by atoms with Crippen molar-refractivity contribution in [1.29, 1.82) is 0 Å². The lowest BCUT2D eigenvalue weighted by molar-refractivity contribution is -0.140. The summed E-state index contributed by atoms with van der Waals surface area (Å²) in [7, 11) is -3.47. The molecule has 7 heteroatoms. The Morgan fingerprint density at radius 3 is 2.25 bits per heavy atom. The van der Waals surface area contributed by atoms with Gasteiger partial charge in [-0.1, -0.05) is 6.92 Å². The van der Waals surface area contributed by atoms with Gasteiger partial charge in [0.25, 0.3) is 0 Å². The second-order valence-electron chi connectivity index (χ2n) is 4.80. The van der Waals surface area contributed by atoms with Crippen LogP contribution >= 0.6 is 11.8 Å². The standard InChI is InChI=1S/C13H19NO4S2/c1-9(2)14-20(17,18)12-6-4-11(5-7-12)19-8-10(3)13(15)16/h4-7,9-10,14H,8H2,1-3H3,(H,15,16). The Balaban J connectivity index is 2.72. The maximum atomic E-state index is 11.9. The van der Waals surface area contributed by atoms with Gasteiger partial charge in [-0.2, -0.15) is 0 Å². The van der Waals surface area contributed by atoms with Crippen molar-refractivity contribution < 1.29 is 18.3 Å². The van der Waals surface area contributed by atoms with E-state index in [0.717, 1.165) is 4.90 Å². The van der Waals surface area contributed by atoms with Gasteiger partial charge in [-0.05, 0) is 38.1 Å². The smallest absolute Gasteiger partial charge is 0.307 e. The molecule has 0 spiro atoms. The van der Waals surface area contributed by atoms with E-state index >= 15 is 0 Å². The first-order valence-corrected chi connectivity index (χ1v) is 8.67. The number of thioether (sulfide) groups is 1. The second kappa shape index (κ2) is 7.10. The van der Waals surface area contributed by atoms with Crippen LogP contribution in [0.2, 0.25) is 0 Å². The molecule has 0 amide bonds. The fraction of sp³-hybridized carbons (Fsp3) is 0.462. The zero-order valence-corrected chi connectivity index (χ0v) is 13.3. The minimum atomic E-state index is -3.47. The summed E-state index contributed by atoms with van der Waals surface area (Å²) >= 11 is 1.39. The van der Waals surface area contributed by atoms with Gasteiger partial charge in [-0.15, -0.1) is 11.8 Å². The number of carbonyl (C=O) groups is 1. The van der Waals surface area contributed by atoms with Gasteiger partial charge in [0.2, 0.25) is 10.0 Å². The van der Waals surface area contributed by atoms with Crippen molar-refractivity contribution >= 4 is 27.8 Å². The lowest BCUT2D eigenvalue weighted by Gasteiger charge is -2.10. The van der Waals surface area contributed by atoms with Crippen LogP contribution in [0.3, 0.4) is 0 Å². The predicted octanol–water partition coefficient (Wildman–Crippen LogP) is 2.19. The molecular weight excluding hydrogens is 298 g/mol. The van der Waals surface area contributed by atoms with Crippen LogP contribution in [-0.2, 0) is 14.8 Å². The number of nitrogens with one attached hydrogen (secondary N) is 1. The third-order valence-electron chi connectivity index (χ3n) is 2.45. The van der Waals surface area contributed by atoms with Gasteiger partial charge < -0.3 is 5.11 Å². The van der Waals surface area contributed by atoms with Gasteiger partial charge in [0.1, 0.15) is 0 Å². The molecule has 0 aliphatic rings. The van der Waals surface area contributed by atoms with Crippen LogP contribution < -0.4 is 4.72 Å². The Bertz CT molecular complexity index is 552. The monoisotopic (exact) mass is 317 g/mol. The van der Waals surface area contributed by atoms with Crippen molar-refractivity contribution in [2.24, 2.45) is 5.92 Å². The number of benzene rings is 1. The minimum absolute atomic E-state index is 0.162. The third kappa shape index (κ3) is 5.15. The van der Waals surface area contributed by atoms with E-state index in [4.69, 9.17) is 5.11 Å². The van der Waals surface area contributed by atoms with Crippen LogP contribution in [0.5, 0.6) is 0 Å². The Morgan fingerprint density at radius 2 is 1.80 bits per heavy atom. The van der Waals surface area contributed by atoms with Gasteiger partial charge in [-0.3, -0.25) is 4.79 Å². The highest BCUT2D eigenvalue weighted by Gasteiger charge is 2.15. The van der Waals surface area contributed by atoms with Crippen LogP contribution in [0, 0.1) is 5.92 Å². The van der Waals surface area contributed by atoms with Gasteiger partial charge in [0.05, 0.1) is 10.8 Å². The fourth-order valence-corrected chi connectivity index (χ4v) is 3.55. The number of carboxylic acids is 1. The first-order chi connectivity index (χ1) is 9.22. The van der Waals surface area contributed by atoms with Crippen molar-refractivity contribution in [1.82, 2.24) is 4.72 Å². The average molecular weight is 317 g/mol. The van der Waals surface area contributed by atoms with Gasteiger partial charge in [0.15, 0.2) is 0 Å². The summed E-state index contributed by atoms with van der Waals surface area (Å²) in [5.74, 6) is -0.824. The lowest BCUT2D eigenvalue weighted by atomic mass is 10.2. The van der Waals surface area contributed by atoms with E-state index in [1.165, 1.54) is 23.9 Å². The van der Waals surface area contributed by atoms with Crippen LogP contribution in [0.25, 0.3) is 0 Å². The van der Waals surface area contributed by atoms with E-state index in [0.29, 0.717) is 5.75 Å². The molecule has 2 N–H and O–H groups in total. The van der Waals surface area contributed by atoms with Crippen LogP contribution in [0.15, 0.2) is 34.1 Å². The molecule has 0 radical (unpaired) electrons. The second-order valence-corrected chi connectivity index (χ2v) is 7.61. The first-order valence-electron chi connectivity index (χ1n) is 6.20. The number of rotatable bonds is 7. The maximum Gasteiger partial charge on any atom is 0.307 e. The molecule has 0 saturated carbocycles. The molecule has 1 rings (SSSR count). The molecule has 0 bridgehead atoms. The van der Waals surface area contributed by atoms with Gasteiger partial charge in [-0.25, -0.2) is 13.1 Å². The number of sulfonamides is 1. The normalized spacial score (nSPS) is 13.4. The summed E-state index contributed by atoms with van der Waals surface area (Å²) in [5, 5.41) is 8.79. The van der Waals surface area contributed by atoms with Crippen LogP contribution in [0.1, 0.15) is 20.8 Å². The summed E-state index contributed by atoms with van der Waals surface area (Å²) in [4.78, 5) is 11.8. The van der Waals surface area contributed by atoms with Crippen molar-refractivity contribution in [3.63, 3.8) is 0 Å². The molecule has 0 aromatic heterocycles. The van der Waals surface area contributed by atoms with Crippen LogP contribution in [0.4, 0.5) is 0 Å². The number of hydrogen-bond acceptors (Lipinski definition) is 4. The molecule has 1 aromatic carbocycles. The van der Waals surface area contributed by atoms with Crippen molar-refractivity contribution in [3.05, 3.63) is 24.3 Å². The van der Waals surface area contributed by atoms with Gasteiger partial charge >= 0.3 is 5.97 Å². The summed E-state index contributed by atoms with van der Waals surface area (Å²) in [5.41, 5.74) is 0. The fourth-order valence-electron chi connectivity index (χ4n) is 1.39. The topological polar surface area (TPSA) is 83.5 Å². The zero-order chi connectivity index (χ0) is 15.3. The molecule has 5 nitrogen and oxygen atoms in total. The highest BCUT2D eigenvalue weighted by atomic mass is 32.2. The Hall–Kier alpha value is -1.05. The Morgan fingerprint density at radius 1 is 1.25 bits per heavy atom. The molecule has 1 aromatic rings. The molecule has 20 heavy (non-hydrogen) atoms. The van der Waals surface area contributed by atoms with Crippen LogP contribution in [-0.4, -0.2) is 31.3 Å². The van der Waals surface area contributed by atoms with Gasteiger partial charge in [0, 0.05) is 16.7 Å². The summed E-state index contributed by atoms with van der Waals surface area (Å²) in [6.45, 7) is 5.16. The first kappa shape index (κ1) is 17.0. The van der Waals surface area contributed by atoms with E-state index in [-0.39, 0.29) is 10.9 Å². The lowest BCUT2D eigenvalue weighted by Crippen LogP contribution is -2.30. The maximum absolute atomic E-state index is 11.9. The number of aliphatic carboxylic acids is 1. The van der Waals surface area contributed by atoms with E-state index in [2.05, 4.69) is 4.72 Å². The van der Waals surface area contributed by atoms with Crippen molar-refractivity contribution in [2.45, 2.75) is 36.6 Å². The Kier molecular flexibility index (Phi) is 6.04. The Labute approximate surface area is 123 Å². The van der Waals surface area contributed by atoms with E-state index in [9.17, 15) is 13.2 Å². The minimum Gasteiger partial charge on any atom is -0.481 e. The average Bonchev–Trinajstić information content (AvgIpc) is 2.34. The molecule has 0 aliphatic heterocycles. The highest BCUT2D eigenvalue weighted by molar-refractivity contribution is 7.99. The van der Waals surface area contributed by atoms with E-state index in [1.54, 1.807) is 32.9 Å².